The van der Waals surface area contributed by atoms with Crippen LogP contribution >= 0.6 is 11.3 Å². The first-order valence-electron chi connectivity index (χ1n) is 5.79. The highest BCUT2D eigenvalue weighted by molar-refractivity contribution is 7.91. The van der Waals surface area contributed by atoms with Gasteiger partial charge in [-0.3, -0.25) is 0 Å². The molecule has 1 saturated carbocycles. The quantitative estimate of drug-likeness (QED) is 0.904. The van der Waals surface area contributed by atoms with Gasteiger partial charge in [-0.05, 0) is 19.8 Å². The second-order valence-electron chi connectivity index (χ2n) is 4.65. The molecule has 4 nitrogen and oxygen atoms in total. The van der Waals surface area contributed by atoms with Crippen molar-refractivity contribution in [3.8, 4) is 0 Å². The highest BCUT2D eigenvalue weighted by Gasteiger charge is 2.34. The van der Waals surface area contributed by atoms with Crippen LogP contribution in [0.5, 0.6) is 0 Å². The largest absolute Gasteiger partial charge is 0.308 e. The van der Waals surface area contributed by atoms with Gasteiger partial charge in [0.1, 0.15) is 0 Å². The molecule has 0 radical (unpaired) electrons. The molecule has 2 atom stereocenters. The van der Waals surface area contributed by atoms with Gasteiger partial charge in [-0.1, -0.05) is 6.42 Å². The molecule has 2 rings (SSSR count). The molecule has 1 fully saturated rings. The summed E-state index contributed by atoms with van der Waals surface area (Å²) in [6.45, 7) is 2.71. The van der Waals surface area contributed by atoms with Crippen molar-refractivity contribution in [2.24, 2.45) is 0 Å². The van der Waals surface area contributed by atoms with Crippen LogP contribution < -0.4 is 5.32 Å². The van der Waals surface area contributed by atoms with Crippen molar-refractivity contribution in [3.63, 3.8) is 0 Å². The monoisotopic (exact) mass is 274 g/mol. The van der Waals surface area contributed by atoms with Crippen LogP contribution in [0.4, 0.5) is 0 Å². The molecule has 6 heteroatoms. The first kappa shape index (κ1) is 13.0. The Hall–Kier alpha value is -0.460. The summed E-state index contributed by atoms with van der Waals surface area (Å²) in [6, 6.07) is 0.103. The zero-order valence-corrected chi connectivity index (χ0v) is 11.8. The summed E-state index contributed by atoms with van der Waals surface area (Å²) in [7, 11) is -2.93. The summed E-state index contributed by atoms with van der Waals surface area (Å²) in [5.41, 5.74) is 2.87. The summed E-state index contributed by atoms with van der Waals surface area (Å²) in [4.78, 5) is 5.39. The molecule has 2 unspecified atom stereocenters. The number of rotatable bonds is 4. The number of hydrogen-bond donors (Lipinski definition) is 1. The van der Waals surface area contributed by atoms with Gasteiger partial charge in [0.25, 0.3) is 0 Å². The number of aryl methyl sites for hydroxylation is 1. The Labute approximate surface area is 106 Å². The van der Waals surface area contributed by atoms with E-state index in [4.69, 9.17) is 0 Å². The van der Waals surface area contributed by atoms with E-state index in [9.17, 15) is 8.42 Å². The van der Waals surface area contributed by atoms with Gasteiger partial charge in [0.05, 0.1) is 16.5 Å². The molecule has 1 aliphatic carbocycles. The van der Waals surface area contributed by atoms with Crippen molar-refractivity contribution in [3.05, 3.63) is 16.1 Å². The molecular weight excluding hydrogens is 256 g/mol. The lowest BCUT2D eigenvalue weighted by Crippen LogP contribution is -2.39. The molecule has 0 amide bonds. The molecule has 17 heavy (non-hydrogen) atoms. The predicted octanol–water partition coefficient (Wildman–Crippen LogP) is 1.51. The van der Waals surface area contributed by atoms with Crippen molar-refractivity contribution in [1.29, 1.82) is 0 Å². The average molecular weight is 274 g/mol. The smallest absolute Gasteiger partial charge is 0.151 e. The van der Waals surface area contributed by atoms with E-state index in [1.807, 2.05) is 12.4 Å². The second-order valence-corrected chi connectivity index (χ2v) is 7.85. The summed E-state index contributed by atoms with van der Waals surface area (Å²) < 4.78 is 23.2. The van der Waals surface area contributed by atoms with Gasteiger partial charge in [0, 0.05) is 23.7 Å². The first-order valence-corrected chi connectivity index (χ1v) is 8.63. The number of thiazole rings is 1. The maximum Gasteiger partial charge on any atom is 0.151 e. The fourth-order valence-electron chi connectivity index (χ4n) is 2.39. The Balaban J connectivity index is 1.98. The van der Waals surface area contributed by atoms with Crippen LogP contribution in [0.1, 0.15) is 29.8 Å². The maximum atomic E-state index is 11.6. The lowest BCUT2D eigenvalue weighted by atomic mass is 10.2. The van der Waals surface area contributed by atoms with Crippen molar-refractivity contribution in [2.45, 2.75) is 44.0 Å². The first-order chi connectivity index (χ1) is 7.98. The molecule has 96 valence electrons. The third kappa shape index (κ3) is 3.05. The minimum Gasteiger partial charge on any atom is -0.308 e. The van der Waals surface area contributed by atoms with E-state index < -0.39 is 9.84 Å². The molecule has 1 heterocycles. The van der Waals surface area contributed by atoms with Crippen LogP contribution in [-0.2, 0) is 16.4 Å². The topological polar surface area (TPSA) is 59.1 Å². The molecule has 0 aromatic carbocycles. The molecule has 1 N–H and O–H groups in total. The Kier molecular flexibility index (Phi) is 3.85. The van der Waals surface area contributed by atoms with E-state index >= 15 is 0 Å². The van der Waals surface area contributed by atoms with Gasteiger partial charge in [-0.25, -0.2) is 13.4 Å². The van der Waals surface area contributed by atoms with E-state index in [0.717, 1.165) is 31.5 Å². The molecule has 0 spiro atoms. The summed E-state index contributed by atoms with van der Waals surface area (Å²) in [5, 5.41) is 3.16. The number of nitrogens with zero attached hydrogens (tertiary/aromatic N) is 1. The van der Waals surface area contributed by atoms with Crippen LogP contribution in [0.25, 0.3) is 0 Å². The van der Waals surface area contributed by atoms with Crippen LogP contribution in [0.3, 0.4) is 0 Å². The fourth-order valence-corrected chi connectivity index (χ4v) is 4.54. The van der Waals surface area contributed by atoms with Crippen molar-refractivity contribution in [2.75, 3.05) is 6.26 Å². The zero-order chi connectivity index (χ0) is 12.5. The highest BCUT2D eigenvalue weighted by Crippen LogP contribution is 2.25. The molecule has 0 saturated heterocycles. The van der Waals surface area contributed by atoms with Gasteiger partial charge >= 0.3 is 0 Å². The third-order valence-electron chi connectivity index (χ3n) is 3.37. The van der Waals surface area contributed by atoms with E-state index in [-0.39, 0.29) is 11.3 Å². The SMILES string of the molecule is Cc1ncsc1CNC1CCCC1S(C)(=O)=O. The van der Waals surface area contributed by atoms with Gasteiger partial charge < -0.3 is 5.32 Å². The van der Waals surface area contributed by atoms with Gasteiger partial charge in [-0.2, -0.15) is 0 Å². The predicted molar refractivity (Wildman–Crippen MR) is 70.0 cm³/mol. The van der Waals surface area contributed by atoms with E-state index in [1.54, 1.807) is 11.3 Å². The molecule has 1 aromatic rings. The molecule has 1 aromatic heterocycles. The number of aromatic nitrogens is 1. The summed E-state index contributed by atoms with van der Waals surface area (Å²) in [6.07, 6.45) is 4.08. The van der Waals surface area contributed by atoms with Gasteiger partial charge in [-0.15, -0.1) is 11.3 Å². The molecule has 1 aliphatic rings. The van der Waals surface area contributed by atoms with Crippen molar-refractivity contribution >= 4 is 21.2 Å². The second kappa shape index (κ2) is 5.04. The molecule has 0 aliphatic heterocycles. The van der Waals surface area contributed by atoms with Gasteiger partial charge in [0.15, 0.2) is 9.84 Å². The van der Waals surface area contributed by atoms with Crippen LogP contribution in [-0.4, -0.2) is 30.9 Å². The summed E-state index contributed by atoms with van der Waals surface area (Å²) >= 11 is 1.62. The van der Waals surface area contributed by atoms with Crippen molar-refractivity contribution in [1.82, 2.24) is 10.3 Å². The number of sulfone groups is 1. The molecule has 0 bridgehead atoms. The fraction of sp³-hybridized carbons (Fsp3) is 0.727. The maximum absolute atomic E-state index is 11.6. The Morgan fingerprint density at radius 3 is 2.88 bits per heavy atom. The van der Waals surface area contributed by atoms with Gasteiger partial charge in [0.2, 0.25) is 0 Å². The lowest BCUT2D eigenvalue weighted by molar-refractivity contribution is 0.508. The average Bonchev–Trinajstić information content (AvgIpc) is 2.82. The number of hydrogen-bond acceptors (Lipinski definition) is 5. The summed E-state index contributed by atoms with van der Waals surface area (Å²) in [5.74, 6) is 0. The third-order valence-corrected chi connectivity index (χ3v) is 5.97. The Bertz CT molecular complexity index is 481. The highest BCUT2D eigenvalue weighted by atomic mass is 32.2. The normalized spacial score (nSPS) is 25.3. The van der Waals surface area contributed by atoms with Crippen LogP contribution in [0.2, 0.25) is 0 Å². The molecular formula is C11H18N2O2S2. The Morgan fingerprint density at radius 2 is 2.29 bits per heavy atom. The van der Waals surface area contributed by atoms with E-state index in [2.05, 4.69) is 10.3 Å². The standard InChI is InChI=1S/C11H18N2O2S2/c1-8-10(16-7-13-8)6-12-9-4-3-5-11(9)17(2,14)15/h7,9,11-12H,3-6H2,1-2H3. The van der Waals surface area contributed by atoms with Crippen molar-refractivity contribution < 1.29 is 8.42 Å². The zero-order valence-electron chi connectivity index (χ0n) is 10.1. The van der Waals surface area contributed by atoms with E-state index in [1.165, 1.54) is 11.1 Å². The Morgan fingerprint density at radius 1 is 1.53 bits per heavy atom. The van der Waals surface area contributed by atoms with E-state index in [0.29, 0.717) is 0 Å². The minimum atomic E-state index is -2.93. The lowest BCUT2D eigenvalue weighted by Gasteiger charge is -2.19. The minimum absolute atomic E-state index is 0.103. The van der Waals surface area contributed by atoms with Crippen LogP contribution in [0, 0.1) is 6.92 Å². The number of nitrogens with one attached hydrogen (secondary N) is 1. The van der Waals surface area contributed by atoms with Crippen LogP contribution in [0.15, 0.2) is 5.51 Å².